The van der Waals surface area contributed by atoms with Crippen molar-refractivity contribution in [1.82, 2.24) is 0 Å². The van der Waals surface area contributed by atoms with Crippen molar-refractivity contribution in [2.45, 2.75) is 310 Å². The van der Waals surface area contributed by atoms with Gasteiger partial charge in [-0.05, 0) is 117 Å². The van der Waals surface area contributed by atoms with Gasteiger partial charge in [-0.1, -0.05) is 311 Å². The second kappa shape index (κ2) is 43.2. The number of fused-ring (bicyclic) bond motifs is 3. The molecule has 129 heavy (non-hydrogen) atoms. The minimum absolute atomic E-state index is 0.00282. The lowest BCUT2D eigenvalue weighted by Gasteiger charge is -2.42. The third-order valence-electron chi connectivity index (χ3n) is 22.6. The molecule has 6 aromatic carbocycles. The summed E-state index contributed by atoms with van der Waals surface area (Å²) in [4.78, 5) is 0. The molecule has 21 nitrogen and oxygen atoms in total. The maximum atomic E-state index is 6.58. The van der Waals surface area contributed by atoms with Crippen molar-refractivity contribution in [2.75, 3.05) is 101 Å². The highest BCUT2D eigenvalue weighted by Crippen LogP contribution is 2.60. The molecule has 0 unspecified atom stereocenters. The van der Waals surface area contributed by atoms with Gasteiger partial charge >= 0.3 is 59.9 Å². The zero-order valence-electron chi connectivity index (χ0n) is 85.5. The summed E-state index contributed by atoms with van der Waals surface area (Å²) in [5.41, 5.74) is 16.9. The number of hydrogen-bond acceptors (Lipinski definition) is 21. The number of rotatable bonds is 11. The molecule has 7 heterocycles. The van der Waals surface area contributed by atoms with Gasteiger partial charge in [0, 0.05) is 69.5 Å². The van der Waals surface area contributed by atoms with Crippen LogP contribution in [0.1, 0.15) is 306 Å². The molecule has 6 aliphatic rings. The summed E-state index contributed by atoms with van der Waals surface area (Å²) in [5.74, 6) is 3.38. The van der Waals surface area contributed by atoms with E-state index in [4.69, 9.17) is 94.3 Å². The van der Waals surface area contributed by atoms with Crippen molar-refractivity contribution in [3.8, 4) is 23.0 Å². The molecule has 0 atom stereocenters. The third-order valence-corrected chi connectivity index (χ3v) is 29.6. The van der Waals surface area contributed by atoms with Gasteiger partial charge in [0.25, 0.3) is 0 Å². The van der Waals surface area contributed by atoms with Crippen molar-refractivity contribution in [3.05, 3.63) is 163 Å². The summed E-state index contributed by atoms with van der Waals surface area (Å²) >= 11 is 0. The standard InChI is InChI=1S/C35H54O6P2.C29H43O3P.C27H38O6P2.C7H14O6P2.C3H8/c1-23-15-25(31(3,4)5)29(26(16-23)32(6,7)8)40-42-36-19-35(20-37-42)21-38-43(39-22-35)41-30-27(33(9,10)11)17-24(2)18-28(30)34(12,13)14;1-26(2,3)18-14-20-21-15-19(27(4,5)6)17-23(29(10,11)12)25(21)32-33(30-13)31-24(20)22(16-18)28(7,8)9;1-19-9-11-23(21(13-19)25(3,4)5)32-34-28-15-27(16-29-34)17-30-35(31-18-27)33-24-12-10-20(2)14-22(24)26(6,7)8;1-8-14-10-3-7(4-11-14)5-12-15(9-2)13-6-7;1-3-2/h15-18H,19-22H2,1-14H3;14-17H,1-13H3;9-14H,15-18H2,1-8H3;3-6H2,1-2H3;3H2,1-2H3. The summed E-state index contributed by atoms with van der Waals surface area (Å²) in [6, 6.07) is 30.6. The van der Waals surface area contributed by atoms with E-state index in [9.17, 15) is 0 Å². The molecular weight excluding hydrogens is 1770 g/mol. The van der Waals surface area contributed by atoms with Gasteiger partial charge in [-0.25, -0.2) is 0 Å². The molecule has 13 rings (SSSR count). The van der Waals surface area contributed by atoms with Crippen LogP contribution in [0.5, 0.6) is 23.0 Å². The summed E-state index contributed by atoms with van der Waals surface area (Å²) in [6.45, 7) is 85.2. The van der Waals surface area contributed by atoms with Crippen molar-refractivity contribution in [2.24, 2.45) is 16.2 Å². The van der Waals surface area contributed by atoms with Crippen LogP contribution in [0.2, 0.25) is 0 Å². The molecular formula is C101H157O21P7. The van der Waals surface area contributed by atoms with Crippen LogP contribution in [0.25, 0.3) is 21.9 Å². The maximum Gasteiger partial charge on any atom is 0.397 e. The van der Waals surface area contributed by atoms with Crippen LogP contribution in [-0.2, 0) is 117 Å². The minimum atomic E-state index is -1.57. The SMILES string of the molecule is CCC.COP1OCC2(CO1)COP(OC)OC2.COp1oc2c(C(C)(C)C)cc(C(C)(C)C)cc2c2cc(C(C)(C)C)cc(C(C)(C)C)c2o1.Cc1cc(C(C)(C)C)c(OP2OCC3(CO2)COP(Oc2c(C(C)(C)C)cc(C)cc2C(C)(C)C)OC3)c(C(C)(C)C)c1.Cc1ccc(OP2OCC3(CO2)COP(Oc2ccc(C)cc2C(C)(C)C)OC3)c(C(C)(C)C)c1. The molecule has 28 heteroatoms. The van der Waals surface area contributed by atoms with Crippen LogP contribution < -0.4 is 22.6 Å². The quantitative estimate of drug-likeness (QED) is 0.111. The molecule has 6 aliphatic heterocycles. The largest absolute Gasteiger partial charge is 0.426 e. The van der Waals surface area contributed by atoms with E-state index in [1.807, 2.05) is 12.1 Å². The van der Waals surface area contributed by atoms with Gasteiger partial charge in [-0.2, -0.15) is 0 Å². The molecule has 0 bridgehead atoms. The summed E-state index contributed by atoms with van der Waals surface area (Å²) in [5, 5.41) is 2.20. The summed E-state index contributed by atoms with van der Waals surface area (Å²) < 4.78 is 125. The molecule has 722 valence electrons. The van der Waals surface area contributed by atoms with E-state index in [0.717, 1.165) is 56.1 Å². The molecule has 0 amide bonds. The highest BCUT2D eigenvalue weighted by molar-refractivity contribution is 7.43. The molecule has 0 radical (unpaired) electrons. The first-order valence-corrected chi connectivity index (χ1v) is 52.9. The Morgan fingerprint density at radius 1 is 0.256 bits per heavy atom. The van der Waals surface area contributed by atoms with Crippen molar-refractivity contribution < 1.29 is 94.3 Å². The van der Waals surface area contributed by atoms with E-state index in [1.54, 1.807) is 21.3 Å². The highest BCUT2D eigenvalue weighted by Gasteiger charge is 2.49. The van der Waals surface area contributed by atoms with Gasteiger partial charge in [0.15, 0.2) is 0 Å². The average Bonchev–Trinajstić information content (AvgIpc) is 1.68. The smallest absolute Gasteiger partial charge is 0.397 e. The van der Waals surface area contributed by atoms with Crippen LogP contribution >= 0.6 is 59.9 Å². The second-order valence-electron chi connectivity index (χ2n) is 45.8. The lowest BCUT2D eigenvalue weighted by atomic mass is 9.77. The Labute approximate surface area is 783 Å². The van der Waals surface area contributed by atoms with Crippen LogP contribution in [0, 0.1) is 43.9 Å². The Bertz CT molecular complexity index is 4510. The molecule has 3 spiro atoms. The Morgan fingerprint density at radius 2 is 0.473 bits per heavy atom. The summed E-state index contributed by atoms with van der Waals surface area (Å²) in [7, 11) is -5.19. The second-order valence-corrected chi connectivity index (χ2v) is 54.2. The van der Waals surface area contributed by atoms with Crippen molar-refractivity contribution >= 4 is 81.8 Å². The molecule has 6 fully saturated rings. The molecule has 1 aromatic heterocycles. The van der Waals surface area contributed by atoms with Gasteiger partial charge in [0.2, 0.25) is 0 Å². The molecule has 0 saturated carbocycles. The van der Waals surface area contributed by atoms with Crippen LogP contribution in [-0.4, -0.2) is 101 Å². The summed E-state index contributed by atoms with van der Waals surface area (Å²) in [6.07, 6.45) is 1.25. The van der Waals surface area contributed by atoms with E-state index < -0.39 is 65.3 Å². The van der Waals surface area contributed by atoms with Crippen LogP contribution in [0.15, 0.2) is 93.3 Å². The third kappa shape index (κ3) is 29.3. The first-order valence-electron chi connectivity index (χ1n) is 45.2. The Hall–Kier alpha value is -3.60. The van der Waals surface area contributed by atoms with E-state index in [1.165, 1.54) is 73.2 Å². The zero-order chi connectivity index (χ0) is 96.2. The van der Waals surface area contributed by atoms with Crippen LogP contribution in [0.4, 0.5) is 0 Å². The Balaban J connectivity index is 0.000000200. The lowest BCUT2D eigenvalue weighted by Crippen LogP contribution is -2.45. The van der Waals surface area contributed by atoms with Crippen LogP contribution in [0.3, 0.4) is 0 Å². The zero-order valence-corrected chi connectivity index (χ0v) is 91.7. The first kappa shape index (κ1) is 109. The number of benzene rings is 6. The fourth-order valence-corrected chi connectivity index (χ4v) is 22.7. The Morgan fingerprint density at radius 3 is 0.682 bits per heavy atom. The predicted molar refractivity (Wildman–Crippen MR) is 533 cm³/mol. The number of hydrogen-bond donors (Lipinski definition) is 0. The fourth-order valence-electron chi connectivity index (χ4n) is 14.6. The minimum Gasteiger partial charge on any atom is -0.426 e. The van der Waals surface area contributed by atoms with E-state index in [0.29, 0.717) is 79.3 Å². The molecule has 7 aromatic rings. The lowest BCUT2D eigenvalue weighted by molar-refractivity contribution is -0.0729. The first-order chi connectivity index (χ1) is 59.5. The average molecular weight is 1920 g/mol. The topological polar surface area (TPSA) is 202 Å². The van der Waals surface area contributed by atoms with Gasteiger partial charge in [-0.3, -0.25) is 4.52 Å². The molecule has 0 aliphatic carbocycles. The maximum absolute atomic E-state index is 6.58. The normalized spacial score (nSPS) is 23.4. The number of aryl methyl sites for hydroxylation is 4. The monoisotopic (exact) mass is 1920 g/mol. The van der Waals surface area contributed by atoms with E-state index in [-0.39, 0.29) is 65.0 Å². The predicted octanol–water partition coefficient (Wildman–Crippen LogP) is 31.1. The van der Waals surface area contributed by atoms with Gasteiger partial charge in [0.1, 0.15) is 34.2 Å². The fraction of sp³-hybridized carbons (Fsp3) is 0.644. The van der Waals surface area contributed by atoms with E-state index >= 15 is 0 Å². The van der Waals surface area contributed by atoms with Crippen molar-refractivity contribution in [1.29, 1.82) is 0 Å². The molecule has 6 saturated heterocycles. The van der Waals surface area contributed by atoms with Crippen molar-refractivity contribution in [3.63, 3.8) is 0 Å². The highest BCUT2D eigenvalue weighted by atomic mass is 31.2. The Kier molecular flexibility index (Phi) is 36.5. The van der Waals surface area contributed by atoms with E-state index in [2.05, 4.69) is 322 Å². The van der Waals surface area contributed by atoms with Gasteiger partial charge in [0.05, 0.1) is 103 Å². The molecule has 0 N–H and O–H groups in total. The van der Waals surface area contributed by atoms with Gasteiger partial charge < -0.3 is 89.8 Å². The van der Waals surface area contributed by atoms with Gasteiger partial charge in [-0.15, -0.1) is 0 Å².